The Morgan fingerprint density at radius 3 is 1.38 bits per heavy atom. The molecule has 0 saturated heterocycles. The fourth-order valence-corrected chi connectivity index (χ4v) is 5.14. The molecule has 0 heterocycles. The minimum absolute atomic E-state index is 0.0596. The zero-order valence-electron chi connectivity index (χ0n) is 31.0. The molecular formula is C44H73NO3. The number of allylic oxidation sites excluding steroid dienone is 16. The number of carbonyl (C=O) groups is 1. The third kappa shape index (κ3) is 34.6. The summed E-state index contributed by atoms with van der Waals surface area (Å²) in [6.07, 6.45) is 57.8. The van der Waals surface area contributed by atoms with Crippen LogP contribution >= 0.6 is 0 Å². The highest BCUT2D eigenvalue weighted by Gasteiger charge is 2.19. The third-order valence-corrected chi connectivity index (χ3v) is 8.11. The number of hydrogen-bond acceptors (Lipinski definition) is 3. The second kappa shape index (κ2) is 38.8. The molecule has 3 N–H and O–H groups in total. The second-order valence-corrected chi connectivity index (χ2v) is 12.6. The van der Waals surface area contributed by atoms with Crippen LogP contribution in [0.1, 0.15) is 155 Å². The van der Waals surface area contributed by atoms with Crippen LogP contribution in [0.5, 0.6) is 0 Å². The molecule has 272 valence electrons. The van der Waals surface area contributed by atoms with E-state index in [0.29, 0.717) is 12.8 Å². The van der Waals surface area contributed by atoms with Gasteiger partial charge in [-0.25, -0.2) is 0 Å². The van der Waals surface area contributed by atoms with Gasteiger partial charge in [-0.3, -0.25) is 4.79 Å². The van der Waals surface area contributed by atoms with Gasteiger partial charge in [0, 0.05) is 6.42 Å². The van der Waals surface area contributed by atoms with Crippen LogP contribution in [0, 0.1) is 0 Å². The molecule has 0 aliphatic heterocycles. The lowest BCUT2D eigenvalue weighted by atomic mass is 10.0. The van der Waals surface area contributed by atoms with Crippen molar-refractivity contribution < 1.29 is 15.0 Å². The van der Waals surface area contributed by atoms with Crippen molar-refractivity contribution in [2.24, 2.45) is 0 Å². The molecule has 0 aliphatic rings. The fourth-order valence-electron chi connectivity index (χ4n) is 5.14. The average Bonchev–Trinajstić information content (AvgIpc) is 3.09. The number of amides is 1. The average molecular weight is 664 g/mol. The van der Waals surface area contributed by atoms with E-state index in [2.05, 4.69) is 116 Å². The highest BCUT2D eigenvalue weighted by Crippen LogP contribution is 2.12. The van der Waals surface area contributed by atoms with Gasteiger partial charge in [-0.05, 0) is 77.0 Å². The van der Waals surface area contributed by atoms with Crippen molar-refractivity contribution in [1.82, 2.24) is 5.32 Å². The summed E-state index contributed by atoms with van der Waals surface area (Å²) < 4.78 is 0. The molecule has 0 aliphatic carbocycles. The van der Waals surface area contributed by atoms with E-state index in [4.69, 9.17) is 0 Å². The normalized spacial score (nSPS) is 14.2. The number of nitrogens with one attached hydrogen (secondary N) is 1. The Morgan fingerprint density at radius 2 is 0.917 bits per heavy atom. The van der Waals surface area contributed by atoms with E-state index < -0.39 is 12.1 Å². The van der Waals surface area contributed by atoms with Crippen molar-refractivity contribution in [3.63, 3.8) is 0 Å². The molecule has 0 aromatic rings. The van der Waals surface area contributed by atoms with Gasteiger partial charge in [0.05, 0.1) is 18.8 Å². The Bertz CT molecular complexity index is 937. The summed E-state index contributed by atoms with van der Waals surface area (Å²) in [4.78, 5) is 12.2. The van der Waals surface area contributed by atoms with Crippen LogP contribution in [0.15, 0.2) is 97.2 Å². The van der Waals surface area contributed by atoms with Crippen molar-refractivity contribution in [2.75, 3.05) is 6.61 Å². The Balaban J connectivity index is 3.63. The summed E-state index contributed by atoms with van der Waals surface area (Å²) in [6, 6.07) is -0.546. The van der Waals surface area contributed by atoms with E-state index in [1.165, 1.54) is 38.5 Å². The van der Waals surface area contributed by atoms with Gasteiger partial charge >= 0.3 is 0 Å². The summed E-state index contributed by atoms with van der Waals surface area (Å²) in [6.45, 7) is 4.13. The maximum Gasteiger partial charge on any atom is 0.220 e. The fraction of sp³-hybridized carbons (Fsp3) is 0.614. The van der Waals surface area contributed by atoms with Crippen LogP contribution < -0.4 is 5.32 Å². The van der Waals surface area contributed by atoms with Gasteiger partial charge < -0.3 is 15.5 Å². The Morgan fingerprint density at radius 1 is 0.521 bits per heavy atom. The first-order valence-electron chi connectivity index (χ1n) is 19.4. The van der Waals surface area contributed by atoms with E-state index >= 15 is 0 Å². The number of unbranched alkanes of at least 4 members (excludes halogenated alkanes) is 10. The Kier molecular flexibility index (Phi) is 36.6. The lowest BCUT2D eigenvalue weighted by Gasteiger charge is -2.22. The molecule has 0 bridgehead atoms. The van der Waals surface area contributed by atoms with E-state index in [1.54, 1.807) is 0 Å². The lowest BCUT2D eigenvalue weighted by Crippen LogP contribution is -2.45. The molecule has 4 nitrogen and oxygen atoms in total. The van der Waals surface area contributed by atoms with Crippen LogP contribution in [-0.4, -0.2) is 34.9 Å². The van der Waals surface area contributed by atoms with E-state index in [9.17, 15) is 15.0 Å². The molecule has 2 atom stereocenters. The van der Waals surface area contributed by atoms with Gasteiger partial charge in [-0.15, -0.1) is 0 Å². The molecule has 0 aromatic carbocycles. The van der Waals surface area contributed by atoms with Crippen LogP contribution in [0.2, 0.25) is 0 Å². The largest absolute Gasteiger partial charge is 0.394 e. The third-order valence-electron chi connectivity index (χ3n) is 8.11. The predicted molar refractivity (Wildman–Crippen MR) is 211 cm³/mol. The first-order valence-corrected chi connectivity index (χ1v) is 19.4. The number of rotatable bonds is 33. The molecule has 0 fully saturated rings. The topological polar surface area (TPSA) is 69.6 Å². The van der Waals surface area contributed by atoms with E-state index in [-0.39, 0.29) is 12.5 Å². The maximum absolute atomic E-state index is 12.2. The predicted octanol–water partition coefficient (Wildman–Crippen LogP) is 11.9. The SMILES string of the molecule is CC/C=C\C/C=C\C/C=C\C/C=C\C/C=C\C/C=C\C/C=C\C/C=C\CCCCCCCCC(=O)NC(CO)C(O)CCCCCCC. The molecule has 4 heteroatoms. The molecule has 2 unspecified atom stereocenters. The molecule has 0 spiro atoms. The highest BCUT2D eigenvalue weighted by atomic mass is 16.3. The van der Waals surface area contributed by atoms with E-state index in [0.717, 1.165) is 89.9 Å². The minimum Gasteiger partial charge on any atom is -0.394 e. The van der Waals surface area contributed by atoms with Gasteiger partial charge in [0.1, 0.15) is 0 Å². The molecule has 0 radical (unpaired) electrons. The summed E-state index contributed by atoms with van der Waals surface area (Å²) in [5.74, 6) is -0.0596. The standard InChI is InChI=1S/C44H73NO3/c1-3-5-7-9-10-11-12-13-14-15-16-17-18-19-20-21-22-23-24-25-26-27-28-29-30-31-32-33-34-36-38-40-44(48)45-42(41-46)43(47)39-37-35-8-6-4-2/h5,7,10-11,13-14,16-17,19-20,22-23,25-26,28-29,42-43,46-47H,3-4,6,8-9,12,15,18,21,24,27,30-41H2,1-2H3,(H,45,48)/b7-5-,11-10-,14-13-,17-16-,20-19-,23-22-,26-25-,29-28-. The molecular weight excluding hydrogens is 590 g/mol. The van der Waals surface area contributed by atoms with Crippen molar-refractivity contribution in [1.29, 1.82) is 0 Å². The van der Waals surface area contributed by atoms with Crippen LogP contribution in [0.25, 0.3) is 0 Å². The zero-order chi connectivity index (χ0) is 35.0. The number of aliphatic hydroxyl groups excluding tert-OH is 2. The van der Waals surface area contributed by atoms with Crippen molar-refractivity contribution in [2.45, 2.75) is 167 Å². The minimum atomic E-state index is -0.668. The van der Waals surface area contributed by atoms with Gasteiger partial charge in [0.15, 0.2) is 0 Å². The Labute approximate surface area is 296 Å². The van der Waals surface area contributed by atoms with Gasteiger partial charge in [0.2, 0.25) is 5.91 Å². The monoisotopic (exact) mass is 664 g/mol. The zero-order valence-corrected chi connectivity index (χ0v) is 31.0. The first kappa shape index (κ1) is 45.3. The first-order chi connectivity index (χ1) is 23.7. The number of aliphatic hydroxyl groups is 2. The highest BCUT2D eigenvalue weighted by molar-refractivity contribution is 5.76. The number of carbonyl (C=O) groups excluding carboxylic acids is 1. The van der Waals surface area contributed by atoms with Gasteiger partial charge in [0.25, 0.3) is 0 Å². The van der Waals surface area contributed by atoms with Crippen molar-refractivity contribution in [3.8, 4) is 0 Å². The van der Waals surface area contributed by atoms with Crippen LogP contribution in [0.4, 0.5) is 0 Å². The summed E-state index contributed by atoms with van der Waals surface area (Å²) in [5, 5.41) is 22.7. The van der Waals surface area contributed by atoms with Gasteiger partial charge in [-0.2, -0.15) is 0 Å². The van der Waals surface area contributed by atoms with Gasteiger partial charge in [-0.1, -0.05) is 169 Å². The summed E-state index contributed by atoms with van der Waals surface area (Å²) >= 11 is 0. The van der Waals surface area contributed by atoms with E-state index in [1.807, 2.05) is 0 Å². The van der Waals surface area contributed by atoms with Crippen molar-refractivity contribution >= 4 is 5.91 Å². The molecule has 0 aromatic heterocycles. The molecule has 0 saturated carbocycles. The van der Waals surface area contributed by atoms with Crippen LogP contribution in [-0.2, 0) is 4.79 Å². The second-order valence-electron chi connectivity index (χ2n) is 12.6. The van der Waals surface area contributed by atoms with Crippen LogP contribution in [0.3, 0.4) is 0 Å². The molecule has 0 rings (SSSR count). The quantitative estimate of drug-likeness (QED) is 0.0483. The summed E-state index contributed by atoms with van der Waals surface area (Å²) in [7, 11) is 0. The van der Waals surface area contributed by atoms with Crippen molar-refractivity contribution in [3.05, 3.63) is 97.2 Å². The Hall–Kier alpha value is -2.69. The lowest BCUT2D eigenvalue weighted by molar-refractivity contribution is -0.123. The smallest absolute Gasteiger partial charge is 0.220 e. The summed E-state index contributed by atoms with van der Waals surface area (Å²) in [5.41, 5.74) is 0. The number of hydrogen-bond donors (Lipinski definition) is 3. The maximum atomic E-state index is 12.2. The molecule has 48 heavy (non-hydrogen) atoms. The molecule has 1 amide bonds.